The molecule has 134 valence electrons. The summed E-state index contributed by atoms with van der Waals surface area (Å²) in [5, 5.41) is 5.10. The number of aromatic nitrogens is 1. The molecule has 1 amide bonds. The maximum absolute atomic E-state index is 12.6. The Morgan fingerprint density at radius 2 is 1.81 bits per heavy atom. The lowest BCUT2D eigenvalue weighted by Crippen LogP contribution is -2.19. The number of amides is 1. The summed E-state index contributed by atoms with van der Waals surface area (Å²) in [6, 6.07) is 15.7. The van der Waals surface area contributed by atoms with E-state index < -0.39 is 0 Å². The van der Waals surface area contributed by atoms with Crippen LogP contribution in [0.15, 0.2) is 54.7 Å². The fourth-order valence-corrected chi connectivity index (χ4v) is 2.77. The second-order valence-corrected chi connectivity index (χ2v) is 6.48. The van der Waals surface area contributed by atoms with Gasteiger partial charge in [0.2, 0.25) is 5.91 Å². The van der Waals surface area contributed by atoms with E-state index in [1.165, 1.54) is 0 Å². The number of nitrogens with one attached hydrogen (secondary N) is 1. The van der Waals surface area contributed by atoms with Gasteiger partial charge in [0.1, 0.15) is 11.6 Å². The molecule has 5 nitrogen and oxygen atoms in total. The van der Waals surface area contributed by atoms with E-state index >= 15 is 0 Å². The number of pyridine rings is 1. The van der Waals surface area contributed by atoms with Crippen LogP contribution >= 0.6 is 0 Å². The fourth-order valence-electron chi connectivity index (χ4n) is 2.77. The zero-order valence-corrected chi connectivity index (χ0v) is 15.5. The standard InChI is InChI=1S/C21H23N3O2/c1-14(21(25)23-18-8-10-20(22-13-18)24(2)3)15-5-6-17-12-19(26-4)9-7-16(17)11-15/h5-14H,1-4H3,(H,23,25). The van der Waals surface area contributed by atoms with Crippen LogP contribution in [0.4, 0.5) is 11.5 Å². The van der Waals surface area contributed by atoms with E-state index in [4.69, 9.17) is 4.74 Å². The molecule has 0 fully saturated rings. The second-order valence-electron chi connectivity index (χ2n) is 6.48. The van der Waals surface area contributed by atoms with Gasteiger partial charge in [-0.2, -0.15) is 0 Å². The first kappa shape index (κ1) is 17.7. The summed E-state index contributed by atoms with van der Waals surface area (Å²) in [5.74, 6) is 1.35. The predicted octanol–water partition coefficient (Wildman–Crippen LogP) is 4.05. The Morgan fingerprint density at radius 1 is 1.08 bits per heavy atom. The van der Waals surface area contributed by atoms with E-state index in [0.717, 1.165) is 27.9 Å². The minimum Gasteiger partial charge on any atom is -0.497 e. The normalized spacial score (nSPS) is 11.8. The molecule has 0 saturated carbocycles. The van der Waals surface area contributed by atoms with Crippen LogP contribution in [0.25, 0.3) is 10.8 Å². The lowest BCUT2D eigenvalue weighted by atomic mass is 9.97. The van der Waals surface area contributed by atoms with Crippen molar-refractivity contribution in [2.24, 2.45) is 0 Å². The first-order chi connectivity index (χ1) is 12.5. The van der Waals surface area contributed by atoms with Crippen LogP contribution in [0.1, 0.15) is 18.4 Å². The number of anilines is 2. The molecule has 3 rings (SSSR count). The molecule has 2 aromatic carbocycles. The molecular weight excluding hydrogens is 326 g/mol. The summed E-state index contributed by atoms with van der Waals surface area (Å²) in [4.78, 5) is 18.8. The summed E-state index contributed by atoms with van der Waals surface area (Å²) >= 11 is 0. The SMILES string of the molecule is COc1ccc2cc(C(C)C(=O)Nc3ccc(N(C)C)nc3)ccc2c1. The number of nitrogens with zero attached hydrogens (tertiary/aromatic N) is 2. The van der Waals surface area contributed by atoms with Gasteiger partial charge in [0.15, 0.2) is 0 Å². The maximum atomic E-state index is 12.6. The molecule has 5 heteroatoms. The molecule has 26 heavy (non-hydrogen) atoms. The Hall–Kier alpha value is -3.08. The van der Waals surface area contributed by atoms with Crippen LogP contribution in [-0.2, 0) is 4.79 Å². The summed E-state index contributed by atoms with van der Waals surface area (Å²) in [5.41, 5.74) is 1.66. The van der Waals surface area contributed by atoms with Crippen molar-refractivity contribution in [3.05, 3.63) is 60.3 Å². The smallest absolute Gasteiger partial charge is 0.231 e. The zero-order valence-electron chi connectivity index (χ0n) is 15.5. The Balaban J connectivity index is 1.76. The molecule has 1 N–H and O–H groups in total. The van der Waals surface area contributed by atoms with Gasteiger partial charge in [-0.25, -0.2) is 4.98 Å². The van der Waals surface area contributed by atoms with Crippen molar-refractivity contribution in [1.29, 1.82) is 0 Å². The van der Waals surface area contributed by atoms with Crippen molar-refractivity contribution in [2.75, 3.05) is 31.4 Å². The molecule has 1 aromatic heterocycles. The topological polar surface area (TPSA) is 54.5 Å². The molecule has 0 aliphatic rings. The van der Waals surface area contributed by atoms with E-state index in [0.29, 0.717) is 5.69 Å². The molecule has 0 aliphatic heterocycles. The monoisotopic (exact) mass is 349 g/mol. The number of hydrogen-bond acceptors (Lipinski definition) is 4. The first-order valence-corrected chi connectivity index (χ1v) is 8.50. The average molecular weight is 349 g/mol. The molecule has 1 heterocycles. The Kier molecular flexibility index (Phi) is 5.07. The van der Waals surface area contributed by atoms with E-state index in [1.54, 1.807) is 13.3 Å². The summed E-state index contributed by atoms with van der Waals surface area (Å²) in [7, 11) is 5.51. The minimum atomic E-state index is -0.268. The largest absolute Gasteiger partial charge is 0.497 e. The number of carbonyl (C=O) groups is 1. The molecule has 0 bridgehead atoms. The van der Waals surface area contributed by atoms with Crippen LogP contribution in [-0.4, -0.2) is 32.1 Å². The van der Waals surface area contributed by atoms with Crippen LogP contribution in [0, 0.1) is 0 Å². The van der Waals surface area contributed by atoms with E-state index in [-0.39, 0.29) is 11.8 Å². The third kappa shape index (κ3) is 3.77. The highest BCUT2D eigenvalue weighted by atomic mass is 16.5. The molecule has 0 radical (unpaired) electrons. The van der Waals surface area contributed by atoms with Crippen LogP contribution in [0.2, 0.25) is 0 Å². The summed E-state index contributed by atoms with van der Waals surface area (Å²) in [6.07, 6.45) is 1.67. The van der Waals surface area contributed by atoms with Gasteiger partial charge in [0.05, 0.1) is 24.9 Å². The number of methoxy groups -OCH3 is 1. The van der Waals surface area contributed by atoms with Crippen molar-refractivity contribution < 1.29 is 9.53 Å². The summed E-state index contributed by atoms with van der Waals surface area (Å²) < 4.78 is 5.25. The minimum absolute atomic E-state index is 0.0581. The molecule has 0 saturated heterocycles. The number of fused-ring (bicyclic) bond motifs is 1. The van der Waals surface area contributed by atoms with Crippen molar-refractivity contribution >= 4 is 28.2 Å². The van der Waals surface area contributed by atoms with E-state index in [2.05, 4.69) is 10.3 Å². The van der Waals surface area contributed by atoms with Crippen molar-refractivity contribution in [1.82, 2.24) is 4.98 Å². The second kappa shape index (κ2) is 7.44. The van der Waals surface area contributed by atoms with Crippen LogP contribution in [0.5, 0.6) is 5.75 Å². The molecular formula is C21H23N3O2. The highest BCUT2D eigenvalue weighted by Crippen LogP contribution is 2.26. The number of benzene rings is 2. The lowest BCUT2D eigenvalue weighted by molar-refractivity contribution is -0.117. The Morgan fingerprint density at radius 3 is 2.46 bits per heavy atom. The zero-order chi connectivity index (χ0) is 18.7. The molecule has 1 unspecified atom stereocenters. The van der Waals surface area contributed by atoms with Gasteiger partial charge in [-0.15, -0.1) is 0 Å². The number of ether oxygens (including phenoxy) is 1. The summed E-state index contributed by atoms with van der Waals surface area (Å²) in [6.45, 7) is 1.90. The molecule has 0 aliphatic carbocycles. The highest BCUT2D eigenvalue weighted by molar-refractivity contribution is 5.96. The Bertz CT molecular complexity index is 920. The Labute approximate surface area is 153 Å². The van der Waals surface area contributed by atoms with Crippen molar-refractivity contribution in [3.8, 4) is 5.75 Å². The van der Waals surface area contributed by atoms with E-state index in [1.807, 2.05) is 74.4 Å². The lowest BCUT2D eigenvalue weighted by Gasteiger charge is -2.15. The van der Waals surface area contributed by atoms with Crippen molar-refractivity contribution in [2.45, 2.75) is 12.8 Å². The van der Waals surface area contributed by atoms with Gasteiger partial charge in [-0.05, 0) is 47.5 Å². The van der Waals surface area contributed by atoms with Crippen LogP contribution in [0.3, 0.4) is 0 Å². The third-order valence-electron chi connectivity index (χ3n) is 4.44. The van der Waals surface area contributed by atoms with Gasteiger partial charge in [-0.1, -0.05) is 24.3 Å². The molecule has 3 aromatic rings. The number of carbonyl (C=O) groups excluding carboxylic acids is 1. The van der Waals surface area contributed by atoms with E-state index in [9.17, 15) is 4.79 Å². The maximum Gasteiger partial charge on any atom is 0.231 e. The fraction of sp³-hybridized carbons (Fsp3) is 0.238. The first-order valence-electron chi connectivity index (χ1n) is 8.50. The predicted molar refractivity (Wildman–Crippen MR) is 106 cm³/mol. The van der Waals surface area contributed by atoms with Gasteiger partial charge in [0.25, 0.3) is 0 Å². The highest BCUT2D eigenvalue weighted by Gasteiger charge is 2.16. The number of rotatable bonds is 5. The molecule has 1 atom stereocenters. The third-order valence-corrected chi connectivity index (χ3v) is 4.44. The average Bonchev–Trinajstić information content (AvgIpc) is 2.66. The van der Waals surface area contributed by atoms with Gasteiger partial charge >= 0.3 is 0 Å². The number of hydrogen-bond donors (Lipinski definition) is 1. The van der Waals surface area contributed by atoms with Crippen LogP contribution < -0.4 is 15.0 Å². The molecule has 0 spiro atoms. The van der Waals surface area contributed by atoms with Gasteiger partial charge in [0, 0.05) is 14.1 Å². The van der Waals surface area contributed by atoms with Gasteiger partial charge in [-0.3, -0.25) is 4.79 Å². The van der Waals surface area contributed by atoms with Gasteiger partial charge < -0.3 is 15.0 Å². The van der Waals surface area contributed by atoms with Crippen molar-refractivity contribution in [3.63, 3.8) is 0 Å². The quantitative estimate of drug-likeness (QED) is 0.755.